The number of rotatable bonds is 10. The Morgan fingerprint density at radius 1 is 0.907 bits per heavy atom. The molecule has 0 spiro atoms. The predicted octanol–water partition coefficient (Wildman–Crippen LogP) is 11.5. The van der Waals surface area contributed by atoms with Gasteiger partial charge in [0.05, 0.1) is 9.88 Å². The average Bonchev–Trinajstić information content (AvgIpc) is 3.54. The lowest BCUT2D eigenvalue weighted by Crippen LogP contribution is -2.47. The molecule has 4 fully saturated rings. The van der Waals surface area contributed by atoms with Crippen molar-refractivity contribution in [3.63, 3.8) is 0 Å². The van der Waals surface area contributed by atoms with Gasteiger partial charge >= 0.3 is 0 Å². The van der Waals surface area contributed by atoms with E-state index in [2.05, 4.69) is 92.8 Å². The Morgan fingerprint density at radius 3 is 2.21 bits per heavy atom. The maximum absolute atomic E-state index is 4.96. The van der Waals surface area contributed by atoms with Crippen LogP contribution in [0.5, 0.6) is 0 Å². The molecule has 3 heteroatoms. The highest BCUT2D eigenvalue weighted by Gasteiger charge is 2.51. The molecule has 0 atom stereocenters. The second-order valence-electron chi connectivity index (χ2n) is 14.2. The fraction of sp³-hybridized carbons (Fsp3) is 0.525. The summed E-state index contributed by atoms with van der Waals surface area (Å²) in [5.74, 6) is 1.39. The van der Waals surface area contributed by atoms with E-state index >= 15 is 0 Å². The molecule has 0 unspecified atom stereocenters. The molecule has 1 aromatic heterocycles. The van der Waals surface area contributed by atoms with Crippen LogP contribution in [-0.4, -0.2) is 11.5 Å². The van der Waals surface area contributed by atoms with Crippen LogP contribution in [-0.2, 0) is 12.8 Å². The van der Waals surface area contributed by atoms with Crippen molar-refractivity contribution in [3.8, 4) is 10.4 Å². The summed E-state index contributed by atoms with van der Waals surface area (Å²) in [7, 11) is 0. The molecule has 0 saturated heterocycles. The topological polar surface area (TPSA) is 16.1 Å². The van der Waals surface area contributed by atoms with Gasteiger partial charge in [0.2, 0.25) is 0 Å². The fourth-order valence-corrected chi connectivity index (χ4v) is 9.51. The van der Waals surface area contributed by atoms with Gasteiger partial charge in [-0.2, -0.15) is 0 Å². The minimum Gasteiger partial charge on any atom is -0.345 e. The quantitative estimate of drug-likeness (QED) is 0.218. The number of aromatic nitrogens is 1. The van der Waals surface area contributed by atoms with Crippen LogP contribution in [0.15, 0.2) is 73.1 Å². The first kappa shape index (κ1) is 30.4. The molecule has 0 N–H and O–H groups in total. The summed E-state index contributed by atoms with van der Waals surface area (Å²) < 4.78 is 0. The van der Waals surface area contributed by atoms with Gasteiger partial charge in [-0.25, -0.2) is 4.98 Å². The summed E-state index contributed by atoms with van der Waals surface area (Å²) in [5, 5.41) is 1.21. The number of thiazole rings is 1. The Hall–Kier alpha value is -2.65. The van der Waals surface area contributed by atoms with Gasteiger partial charge in [0, 0.05) is 29.5 Å². The van der Waals surface area contributed by atoms with Crippen LogP contribution in [0.2, 0.25) is 0 Å². The Balaban J connectivity index is 1.24. The summed E-state index contributed by atoms with van der Waals surface area (Å²) >= 11 is 1.83. The molecule has 0 radical (unpaired) electrons. The standard InChI is InChI=1S/C40H52N2S/c1-7-32-16-17-34(24-29(32)5)33-14-12-31(13-15-33)27-42(30(6)40-21-18-39(19-22-40,20-23-40)28(3)4)36-11-9-10-35(25-36)37-26-41-38(8-2)43-37/h9-11,16-17,24-26,31,33H,3,6-8,12-15,18-23,27H2,1-2,4-5H3. The molecule has 0 aliphatic heterocycles. The summed E-state index contributed by atoms with van der Waals surface area (Å²) in [6, 6.07) is 16.5. The zero-order valence-corrected chi connectivity index (χ0v) is 28.0. The minimum atomic E-state index is 0.225. The maximum Gasteiger partial charge on any atom is 0.0928 e. The van der Waals surface area contributed by atoms with Gasteiger partial charge in [-0.05, 0) is 143 Å². The Morgan fingerprint density at radius 2 is 1.60 bits per heavy atom. The largest absolute Gasteiger partial charge is 0.345 e. The summed E-state index contributed by atoms with van der Waals surface area (Å²) in [5.41, 5.74) is 10.5. The highest BCUT2D eigenvalue weighted by molar-refractivity contribution is 7.15. The van der Waals surface area contributed by atoms with Crippen LogP contribution in [0, 0.1) is 23.7 Å². The molecule has 43 heavy (non-hydrogen) atoms. The second-order valence-corrected chi connectivity index (χ2v) is 15.3. The van der Waals surface area contributed by atoms with Gasteiger partial charge in [-0.1, -0.05) is 62.9 Å². The van der Waals surface area contributed by atoms with E-state index in [1.165, 1.54) is 108 Å². The van der Waals surface area contributed by atoms with Gasteiger partial charge in [-0.15, -0.1) is 11.3 Å². The van der Waals surface area contributed by atoms with E-state index in [0.717, 1.165) is 19.4 Å². The fourth-order valence-electron chi connectivity index (χ4n) is 8.66. The average molecular weight is 593 g/mol. The van der Waals surface area contributed by atoms with E-state index in [1.54, 1.807) is 5.56 Å². The third-order valence-electron chi connectivity index (χ3n) is 11.9. The zero-order valence-electron chi connectivity index (χ0n) is 27.2. The highest BCUT2D eigenvalue weighted by atomic mass is 32.1. The molecule has 7 rings (SSSR count). The minimum absolute atomic E-state index is 0.225. The van der Waals surface area contributed by atoms with E-state index in [0.29, 0.717) is 17.3 Å². The van der Waals surface area contributed by atoms with Crippen LogP contribution in [0.25, 0.3) is 10.4 Å². The van der Waals surface area contributed by atoms with Gasteiger partial charge < -0.3 is 4.90 Å². The highest BCUT2D eigenvalue weighted by Crippen LogP contribution is 2.62. The molecule has 3 aromatic rings. The van der Waals surface area contributed by atoms with E-state index in [1.807, 2.05) is 11.3 Å². The van der Waals surface area contributed by atoms with E-state index in [4.69, 9.17) is 6.58 Å². The monoisotopic (exact) mass is 592 g/mol. The molecule has 228 valence electrons. The smallest absolute Gasteiger partial charge is 0.0928 e. The molecule has 2 aromatic carbocycles. The van der Waals surface area contributed by atoms with Gasteiger partial charge in [0.15, 0.2) is 0 Å². The number of nitrogens with zero attached hydrogens (tertiary/aromatic N) is 2. The van der Waals surface area contributed by atoms with Crippen molar-refractivity contribution in [2.24, 2.45) is 16.7 Å². The molecule has 2 bridgehead atoms. The first-order valence-corrected chi connectivity index (χ1v) is 17.8. The van der Waals surface area contributed by atoms with Crippen LogP contribution in [0.4, 0.5) is 5.69 Å². The molecule has 1 heterocycles. The number of fused-ring (bicyclic) bond motifs is 3. The Kier molecular flexibility index (Phi) is 8.75. The number of aryl methyl sites for hydroxylation is 3. The Labute approximate surface area is 265 Å². The van der Waals surface area contributed by atoms with Crippen molar-refractivity contribution in [1.29, 1.82) is 0 Å². The van der Waals surface area contributed by atoms with Crippen LogP contribution < -0.4 is 4.90 Å². The molecular weight excluding hydrogens is 541 g/mol. The maximum atomic E-state index is 4.96. The molecule has 0 amide bonds. The summed E-state index contributed by atoms with van der Waals surface area (Å²) in [6.45, 7) is 19.5. The van der Waals surface area contributed by atoms with E-state index in [-0.39, 0.29) is 5.41 Å². The second kappa shape index (κ2) is 12.4. The van der Waals surface area contributed by atoms with Crippen molar-refractivity contribution in [2.75, 3.05) is 11.4 Å². The zero-order chi connectivity index (χ0) is 30.2. The van der Waals surface area contributed by atoms with Crippen molar-refractivity contribution in [2.45, 2.75) is 111 Å². The van der Waals surface area contributed by atoms with E-state index in [9.17, 15) is 0 Å². The first-order chi connectivity index (χ1) is 20.8. The Bertz CT molecular complexity index is 1440. The van der Waals surface area contributed by atoms with Crippen LogP contribution in [0.1, 0.15) is 113 Å². The summed E-state index contributed by atoms with van der Waals surface area (Å²) in [6.07, 6.45) is 16.9. The first-order valence-electron chi connectivity index (χ1n) is 17.0. The van der Waals surface area contributed by atoms with Gasteiger partial charge in [0.1, 0.15) is 0 Å². The molecule has 4 aliphatic carbocycles. The van der Waals surface area contributed by atoms with Crippen LogP contribution in [0.3, 0.4) is 0 Å². The normalized spacial score (nSPS) is 26.8. The third-order valence-corrected chi connectivity index (χ3v) is 13.1. The molecule has 4 aliphatic rings. The number of benzene rings is 2. The number of anilines is 1. The van der Waals surface area contributed by atoms with Crippen LogP contribution >= 0.6 is 11.3 Å². The van der Waals surface area contributed by atoms with Crippen molar-refractivity contribution >= 4 is 17.0 Å². The predicted molar refractivity (Wildman–Crippen MR) is 186 cm³/mol. The van der Waals surface area contributed by atoms with Crippen molar-refractivity contribution in [3.05, 3.63) is 94.8 Å². The number of hydrogen-bond donors (Lipinski definition) is 0. The SMILES string of the molecule is C=C(C)C12CCC(C(=C)N(CC3CCC(c4ccc(CC)c(C)c4)CC3)c3cccc(-c4cnc(CC)s4)c3)(CC1)CC2. The lowest BCUT2D eigenvalue weighted by atomic mass is 9.51. The van der Waals surface area contributed by atoms with Gasteiger partial charge in [0.25, 0.3) is 0 Å². The lowest BCUT2D eigenvalue weighted by molar-refractivity contribution is 0.0393. The number of allylic oxidation sites excluding steroid dienone is 2. The molecular formula is C40H52N2S. The third kappa shape index (κ3) is 5.91. The molecule has 4 saturated carbocycles. The number of hydrogen-bond acceptors (Lipinski definition) is 3. The van der Waals surface area contributed by atoms with Crippen molar-refractivity contribution in [1.82, 2.24) is 4.98 Å². The van der Waals surface area contributed by atoms with Crippen molar-refractivity contribution < 1.29 is 0 Å². The molecule has 2 nitrogen and oxygen atoms in total. The van der Waals surface area contributed by atoms with E-state index < -0.39 is 0 Å². The summed E-state index contributed by atoms with van der Waals surface area (Å²) in [4.78, 5) is 8.61. The lowest BCUT2D eigenvalue weighted by Gasteiger charge is -2.56. The van der Waals surface area contributed by atoms with Gasteiger partial charge in [-0.3, -0.25) is 0 Å².